The molecule has 2 N–H and O–H groups in total. The van der Waals surface area contributed by atoms with Gasteiger partial charge >= 0.3 is 11.9 Å². The maximum absolute atomic E-state index is 13.5. The molecule has 9 aromatic rings. The third-order valence-electron chi connectivity index (χ3n) is 13.5. The molecule has 9 rings (SSSR count). The van der Waals surface area contributed by atoms with Gasteiger partial charge in [-0.2, -0.15) is 0 Å². The van der Waals surface area contributed by atoms with Crippen LogP contribution in [-0.4, -0.2) is 76.4 Å². The van der Waals surface area contributed by atoms with Gasteiger partial charge in [-0.1, -0.05) is 182 Å². The van der Waals surface area contributed by atoms with Gasteiger partial charge in [0, 0.05) is 77.6 Å². The van der Waals surface area contributed by atoms with Gasteiger partial charge in [-0.3, -0.25) is 25.2 Å². The zero-order valence-corrected chi connectivity index (χ0v) is 45.3. The smallest absolute Gasteiger partial charge is 0.323 e. The molecule has 0 fully saturated rings. The minimum absolute atomic E-state index is 0. The van der Waals surface area contributed by atoms with E-state index in [9.17, 15) is 9.59 Å². The molecule has 3 heterocycles. The molecule has 13 heteroatoms. The van der Waals surface area contributed by atoms with E-state index in [0.717, 1.165) is 39.1 Å². The number of methoxy groups -OCH3 is 2. The molecular weight excluding hydrogens is 974 g/mol. The molecule has 0 aliphatic carbocycles. The van der Waals surface area contributed by atoms with Crippen molar-refractivity contribution in [3.05, 3.63) is 275 Å². The van der Waals surface area contributed by atoms with E-state index in [2.05, 4.69) is 165 Å². The quantitative estimate of drug-likeness (QED) is 0.0409. The third-order valence-corrected chi connectivity index (χ3v) is 13.5. The Morgan fingerprint density at radius 3 is 1.03 bits per heavy atom. The van der Waals surface area contributed by atoms with Crippen molar-refractivity contribution in [1.29, 1.82) is 0 Å². The predicted molar refractivity (Wildman–Crippen MR) is 285 cm³/mol. The summed E-state index contributed by atoms with van der Waals surface area (Å²) in [4.78, 5) is 43.9. The number of hydrogen-bond acceptors (Lipinski definition) is 10. The largest absolute Gasteiger partial charge is 0.468 e. The van der Waals surface area contributed by atoms with E-state index in [1.165, 1.54) is 14.2 Å². The molecule has 0 saturated carbocycles. The maximum Gasteiger partial charge on any atom is 0.323 e. The first-order valence-corrected chi connectivity index (χ1v) is 24.4. The van der Waals surface area contributed by atoms with E-state index in [4.69, 9.17) is 24.4 Å². The van der Waals surface area contributed by atoms with Crippen LogP contribution in [0.4, 0.5) is 5.69 Å². The monoisotopic (exact) mass is 1030 g/mol. The van der Waals surface area contributed by atoms with Crippen LogP contribution in [0.2, 0.25) is 0 Å². The van der Waals surface area contributed by atoms with Crippen molar-refractivity contribution in [2.45, 2.75) is 49.1 Å². The Hall–Kier alpha value is -7.83. The molecular formula is C61H60N8O4Zn. The molecule has 74 heavy (non-hydrogen) atoms. The molecule has 0 aliphatic rings. The molecule has 0 amide bonds. The molecule has 0 unspecified atom stereocenters. The van der Waals surface area contributed by atoms with Crippen molar-refractivity contribution in [2.75, 3.05) is 33.2 Å². The molecule has 0 saturated heterocycles. The fraction of sp³-hybridized carbons (Fsp3) is 0.197. The van der Waals surface area contributed by atoms with E-state index in [-0.39, 0.29) is 45.4 Å². The number of hydrogen-bond donors (Lipinski definition) is 2. The molecule has 12 nitrogen and oxygen atoms in total. The van der Waals surface area contributed by atoms with Crippen molar-refractivity contribution in [3.63, 3.8) is 0 Å². The topological polar surface area (TPSA) is 128 Å². The fourth-order valence-corrected chi connectivity index (χ4v) is 9.98. The zero-order valence-electron chi connectivity index (χ0n) is 42.3. The standard InChI is InChI=1S/C61H60N8O4.Zn/c1-67(2)55-35-51(39-62-56(58(70)72-3)37-53-41-68(43-64-53)60(45-23-11-5-12-24-45,46-25-13-6-14-26-46)47-27-15-7-16-28-47)66-52(36-55)40-63-57(59(71)73-4)38-54-42-69(44-65-54)61(48-29-17-8-18-30-48,49-31-19-9-20-32-49)50-33-21-10-22-34-50;/h5-36,41-44,56-57,62-63H,37-40H2,1-4H3;/t56-,57-;/m0./s1. The second-order valence-corrected chi connectivity index (χ2v) is 18.2. The number of benzene rings is 6. The van der Waals surface area contributed by atoms with E-state index < -0.39 is 35.1 Å². The van der Waals surface area contributed by atoms with Crippen LogP contribution < -0.4 is 15.5 Å². The van der Waals surface area contributed by atoms with Crippen molar-refractivity contribution >= 4 is 17.6 Å². The Kier molecular flexibility index (Phi) is 17.2. The van der Waals surface area contributed by atoms with Crippen LogP contribution in [0.3, 0.4) is 0 Å². The summed E-state index contributed by atoms with van der Waals surface area (Å²) < 4.78 is 15.0. The van der Waals surface area contributed by atoms with Crippen molar-refractivity contribution in [3.8, 4) is 0 Å². The Morgan fingerprint density at radius 1 is 0.486 bits per heavy atom. The van der Waals surface area contributed by atoms with Crippen molar-refractivity contribution < 1.29 is 38.5 Å². The summed E-state index contributed by atoms with van der Waals surface area (Å²) >= 11 is 0. The number of imidazole rings is 2. The Labute approximate surface area is 446 Å². The van der Waals surface area contributed by atoms with Gasteiger partial charge in [0.25, 0.3) is 0 Å². The number of anilines is 1. The zero-order chi connectivity index (χ0) is 50.6. The average Bonchev–Trinajstić information content (AvgIpc) is 4.13. The van der Waals surface area contributed by atoms with Gasteiger partial charge < -0.3 is 23.5 Å². The first-order valence-electron chi connectivity index (χ1n) is 24.4. The number of carbonyl (C=O) groups excluding carboxylic acids is 2. The molecule has 0 bridgehead atoms. The number of esters is 2. The van der Waals surface area contributed by atoms with Gasteiger partial charge in [0.1, 0.15) is 23.2 Å². The summed E-state index contributed by atoms with van der Waals surface area (Å²) in [7, 11) is 6.71. The van der Waals surface area contributed by atoms with Gasteiger partial charge in [0.05, 0.1) is 49.6 Å². The number of carbonyl (C=O) groups is 2. The normalized spacial score (nSPS) is 12.3. The van der Waals surface area contributed by atoms with E-state index in [1.807, 2.05) is 92.6 Å². The van der Waals surface area contributed by atoms with Gasteiger partial charge in [-0.25, -0.2) is 9.97 Å². The van der Waals surface area contributed by atoms with Gasteiger partial charge in [0.15, 0.2) is 0 Å². The van der Waals surface area contributed by atoms with Crippen molar-refractivity contribution in [2.24, 2.45) is 0 Å². The number of ether oxygens (including phenoxy) is 2. The number of rotatable bonds is 21. The Balaban J connectivity index is 0.00000729. The van der Waals surface area contributed by atoms with Crippen LogP contribution in [0.1, 0.15) is 56.2 Å². The number of aromatic nitrogens is 5. The number of nitrogens with zero attached hydrogens (tertiary/aromatic N) is 6. The summed E-state index contributed by atoms with van der Waals surface area (Å²) in [6.45, 7) is 0.502. The number of nitrogens with one attached hydrogen (secondary N) is 2. The summed E-state index contributed by atoms with van der Waals surface area (Å²) in [6, 6.07) is 64.8. The summed E-state index contributed by atoms with van der Waals surface area (Å²) in [5, 5.41) is 6.87. The molecule has 0 radical (unpaired) electrons. The number of pyridine rings is 1. The molecule has 3 aromatic heterocycles. The molecule has 6 aromatic carbocycles. The van der Waals surface area contributed by atoms with E-state index in [1.54, 1.807) is 0 Å². The minimum Gasteiger partial charge on any atom is -0.468 e. The summed E-state index contributed by atoms with van der Waals surface area (Å²) in [5.41, 5.74) is 8.62. The van der Waals surface area contributed by atoms with Gasteiger partial charge in [0.2, 0.25) is 0 Å². The second kappa shape index (κ2) is 24.3. The molecule has 0 aliphatic heterocycles. The molecule has 0 spiro atoms. The van der Waals surface area contributed by atoms with E-state index >= 15 is 0 Å². The first kappa shape index (κ1) is 52.5. The van der Waals surface area contributed by atoms with E-state index in [0.29, 0.717) is 22.8 Å². The first-order chi connectivity index (χ1) is 35.7. The van der Waals surface area contributed by atoms with Crippen molar-refractivity contribution in [1.82, 2.24) is 34.7 Å². The predicted octanol–water partition coefficient (Wildman–Crippen LogP) is 8.97. The van der Waals surface area contributed by atoms with Crippen LogP contribution in [0.5, 0.6) is 0 Å². The molecule has 370 valence electrons. The van der Waals surface area contributed by atoms with Gasteiger partial charge in [-0.15, -0.1) is 0 Å². The van der Waals surface area contributed by atoms with Crippen LogP contribution in [0.15, 0.2) is 219 Å². The summed E-state index contributed by atoms with van der Waals surface area (Å²) in [6.07, 6.45) is 8.25. The van der Waals surface area contributed by atoms with Crippen LogP contribution >= 0.6 is 0 Å². The minimum atomic E-state index is -0.752. The molecule has 2 atom stereocenters. The van der Waals surface area contributed by atoms with Crippen LogP contribution in [0.25, 0.3) is 0 Å². The van der Waals surface area contributed by atoms with Crippen LogP contribution in [-0.2, 0) is 75.5 Å². The third kappa shape index (κ3) is 11.1. The summed E-state index contributed by atoms with van der Waals surface area (Å²) in [5.74, 6) is -0.838. The SMILES string of the molecule is COC(=O)[C@H](Cc1cn(C(c2ccccc2)(c2ccccc2)c2ccccc2)cn1)NCc1cc(N(C)C)cc(CN[C@@H](Cc2cn(C(c3ccccc3)(c3ccccc3)c3ccccc3)cn2)C(=O)OC)n1.[Zn]. The Morgan fingerprint density at radius 2 is 0.770 bits per heavy atom. The Bertz CT molecular complexity index is 2790. The maximum atomic E-state index is 13.5. The fourth-order valence-electron chi connectivity index (χ4n) is 9.98. The average molecular weight is 1030 g/mol. The second-order valence-electron chi connectivity index (χ2n) is 18.2. The van der Waals surface area contributed by atoms with Crippen LogP contribution in [0, 0.1) is 0 Å². The van der Waals surface area contributed by atoms with Gasteiger partial charge in [-0.05, 0) is 45.5 Å².